The van der Waals surface area contributed by atoms with Gasteiger partial charge in [0, 0.05) is 10.2 Å². The fraction of sp³-hybridized carbons (Fsp3) is 0.235. The molecule has 2 aromatic carbocycles. The number of methoxy groups -OCH3 is 1. The summed E-state index contributed by atoms with van der Waals surface area (Å²) < 4.78 is 53.2. The molecule has 2 aromatic rings. The highest BCUT2D eigenvalue weighted by Crippen LogP contribution is 2.32. The molecule has 0 atom stereocenters. The van der Waals surface area contributed by atoms with Gasteiger partial charge in [-0.1, -0.05) is 12.1 Å². The van der Waals surface area contributed by atoms with Gasteiger partial charge in [0.1, 0.15) is 5.75 Å². The maximum atomic E-state index is 12.2. The van der Waals surface area contributed by atoms with Crippen LogP contribution in [0.2, 0.25) is 0 Å². The number of hydrogen-bond acceptors (Lipinski definition) is 6. The number of rotatable bonds is 7. The summed E-state index contributed by atoms with van der Waals surface area (Å²) in [5, 5.41) is 2.69. The number of hydrogen-bond donors (Lipinski definition) is 1. The van der Waals surface area contributed by atoms with Crippen molar-refractivity contribution < 1.29 is 26.4 Å². The summed E-state index contributed by atoms with van der Waals surface area (Å²) in [7, 11) is -6.57. The lowest BCUT2D eigenvalue weighted by atomic mass is 10.1. The van der Waals surface area contributed by atoms with E-state index < -0.39 is 20.0 Å². The lowest BCUT2D eigenvalue weighted by Crippen LogP contribution is -2.35. The SMILES string of the molecule is COc1ccc(CC(=O)Nc2ccc(N(S(C)(=O)=O)S(C)(=O)=O)c(Br)c2)cc1. The molecule has 0 fully saturated rings. The van der Waals surface area contributed by atoms with E-state index in [2.05, 4.69) is 21.2 Å². The summed E-state index contributed by atoms with van der Waals surface area (Å²) in [6.07, 6.45) is 1.72. The fourth-order valence-corrected chi connectivity index (χ4v) is 6.26. The maximum absolute atomic E-state index is 12.2. The third kappa shape index (κ3) is 5.69. The van der Waals surface area contributed by atoms with Crippen LogP contribution in [0.3, 0.4) is 0 Å². The predicted molar refractivity (Wildman–Crippen MR) is 112 cm³/mol. The fourth-order valence-electron chi connectivity index (χ4n) is 2.47. The first-order valence-electron chi connectivity index (χ1n) is 7.84. The Bertz CT molecular complexity index is 1050. The van der Waals surface area contributed by atoms with Gasteiger partial charge in [0.05, 0.1) is 31.7 Å². The Kier molecular flexibility index (Phi) is 6.73. The van der Waals surface area contributed by atoms with Crippen molar-refractivity contribution in [2.45, 2.75) is 6.42 Å². The van der Waals surface area contributed by atoms with Crippen LogP contribution in [0.25, 0.3) is 0 Å². The number of halogens is 1. The topological polar surface area (TPSA) is 110 Å². The number of anilines is 2. The lowest BCUT2D eigenvalue weighted by Gasteiger charge is -2.21. The van der Waals surface area contributed by atoms with Crippen molar-refractivity contribution in [3.05, 3.63) is 52.5 Å². The third-order valence-corrected chi connectivity index (χ3v) is 7.41. The number of sulfonamides is 2. The van der Waals surface area contributed by atoms with Gasteiger partial charge < -0.3 is 10.1 Å². The second-order valence-corrected chi connectivity index (χ2v) is 10.7. The second kappa shape index (κ2) is 8.50. The maximum Gasteiger partial charge on any atom is 0.245 e. The molecule has 8 nitrogen and oxygen atoms in total. The van der Waals surface area contributed by atoms with E-state index in [1.807, 2.05) is 0 Å². The monoisotopic (exact) mass is 490 g/mol. The van der Waals surface area contributed by atoms with Gasteiger partial charge in [-0.15, -0.1) is 0 Å². The van der Waals surface area contributed by atoms with Crippen molar-refractivity contribution in [1.82, 2.24) is 0 Å². The van der Waals surface area contributed by atoms with E-state index in [0.29, 0.717) is 15.1 Å². The molecule has 28 heavy (non-hydrogen) atoms. The first-order chi connectivity index (χ1) is 12.9. The van der Waals surface area contributed by atoms with E-state index in [9.17, 15) is 21.6 Å². The standard InChI is InChI=1S/C17H19BrN2O6S2/c1-26-14-7-4-12(5-8-14)10-17(21)19-13-6-9-16(15(18)11-13)20(27(2,22)23)28(3,24)25/h4-9,11H,10H2,1-3H3,(H,19,21). The molecule has 0 aliphatic rings. The van der Waals surface area contributed by atoms with E-state index in [1.165, 1.54) is 18.2 Å². The lowest BCUT2D eigenvalue weighted by molar-refractivity contribution is -0.115. The van der Waals surface area contributed by atoms with E-state index in [1.54, 1.807) is 31.4 Å². The normalized spacial score (nSPS) is 11.7. The molecule has 0 unspecified atom stereocenters. The summed E-state index contributed by atoms with van der Waals surface area (Å²) in [5.41, 5.74) is 1.10. The van der Waals surface area contributed by atoms with Gasteiger partial charge in [0.25, 0.3) is 0 Å². The molecular weight excluding hydrogens is 472 g/mol. The second-order valence-electron chi connectivity index (χ2n) is 5.96. The van der Waals surface area contributed by atoms with E-state index in [-0.39, 0.29) is 22.5 Å². The number of ether oxygens (including phenoxy) is 1. The average molecular weight is 491 g/mol. The molecule has 1 amide bonds. The molecule has 0 spiro atoms. The van der Waals surface area contributed by atoms with Gasteiger partial charge in [-0.3, -0.25) is 4.79 Å². The van der Waals surface area contributed by atoms with Gasteiger partial charge in [-0.05, 0) is 51.8 Å². The molecule has 11 heteroatoms. The molecule has 0 aliphatic heterocycles. The van der Waals surface area contributed by atoms with Gasteiger partial charge in [-0.2, -0.15) is 3.71 Å². The van der Waals surface area contributed by atoms with Crippen molar-refractivity contribution in [2.24, 2.45) is 0 Å². The Morgan fingerprint density at radius 3 is 2.07 bits per heavy atom. The Balaban J connectivity index is 2.20. The molecule has 152 valence electrons. The largest absolute Gasteiger partial charge is 0.497 e. The van der Waals surface area contributed by atoms with Crippen LogP contribution in [-0.2, 0) is 31.3 Å². The van der Waals surface area contributed by atoms with Crippen molar-refractivity contribution in [3.63, 3.8) is 0 Å². The number of nitrogens with one attached hydrogen (secondary N) is 1. The first kappa shape index (κ1) is 22.2. The van der Waals surface area contributed by atoms with Gasteiger partial charge in [-0.25, -0.2) is 16.8 Å². The molecule has 0 saturated heterocycles. The minimum atomic E-state index is -4.06. The number of amides is 1. The van der Waals surface area contributed by atoms with Crippen LogP contribution in [0.5, 0.6) is 5.75 Å². The van der Waals surface area contributed by atoms with Gasteiger partial charge in [0.2, 0.25) is 26.0 Å². The van der Waals surface area contributed by atoms with Gasteiger partial charge in [0.15, 0.2) is 0 Å². The molecular formula is C17H19BrN2O6S2. The Morgan fingerprint density at radius 2 is 1.61 bits per heavy atom. The van der Waals surface area contributed by atoms with Gasteiger partial charge >= 0.3 is 0 Å². The zero-order chi connectivity index (χ0) is 21.1. The molecule has 1 N–H and O–H groups in total. The Morgan fingerprint density at radius 1 is 1.04 bits per heavy atom. The minimum absolute atomic E-state index is 0.0712. The zero-order valence-corrected chi connectivity index (χ0v) is 18.6. The Labute approximate surface area is 172 Å². The van der Waals surface area contributed by atoms with Crippen LogP contribution in [0.1, 0.15) is 5.56 Å². The number of carbonyl (C=O) groups is 1. The summed E-state index contributed by atoms with van der Waals surface area (Å²) in [6.45, 7) is 0. The van der Waals surface area contributed by atoms with Crippen molar-refractivity contribution in [1.29, 1.82) is 0 Å². The summed E-state index contributed by atoms with van der Waals surface area (Å²) in [5.74, 6) is 0.401. The smallest absolute Gasteiger partial charge is 0.245 e. The highest BCUT2D eigenvalue weighted by atomic mass is 79.9. The highest BCUT2D eigenvalue weighted by molar-refractivity contribution is 9.10. The van der Waals surface area contributed by atoms with Crippen LogP contribution < -0.4 is 13.8 Å². The number of nitrogens with zero attached hydrogens (tertiary/aromatic N) is 1. The molecule has 0 heterocycles. The van der Waals surface area contributed by atoms with Crippen molar-refractivity contribution >= 4 is 53.3 Å². The molecule has 0 bridgehead atoms. The van der Waals surface area contributed by atoms with E-state index in [0.717, 1.165) is 18.1 Å². The number of benzene rings is 2. The molecule has 0 aromatic heterocycles. The highest BCUT2D eigenvalue weighted by Gasteiger charge is 2.29. The molecule has 0 saturated carbocycles. The first-order valence-corrected chi connectivity index (χ1v) is 12.3. The number of carbonyl (C=O) groups excluding carboxylic acids is 1. The van der Waals surface area contributed by atoms with E-state index in [4.69, 9.17) is 4.74 Å². The van der Waals surface area contributed by atoms with Crippen LogP contribution in [-0.4, -0.2) is 42.4 Å². The van der Waals surface area contributed by atoms with Crippen LogP contribution >= 0.6 is 15.9 Å². The summed E-state index contributed by atoms with van der Waals surface area (Å²) >= 11 is 3.17. The van der Waals surface area contributed by atoms with Crippen LogP contribution in [0.15, 0.2) is 46.9 Å². The van der Waals surface area contributed by atoms with Crippen LogP contribution in [0, 0.1) is 0 Å². The zero-order valence-electron chi connectivity index (χ0n) is 15.3. The molecule has 0 radical (unpaired) electrons. The summed E-state index contributed by atoms with van der Waals surface area (Å²) in [4.78, 5) is 12.2. The predicted octanol–water partition coefficient (Wildman–Crippen LogP) is 2.36. The van der Waals surface area contributed by atoms with Crippen LogP contribution in [0.4, 0.5) is 11.4 Å². The Hall–Kier alpha value is -2.11. The average Bonchev–Trinajstić information content (AvgIpc) is 2.55. The summed E-state index contributed by atoms with van der Waals surface area (Å²) in [6, 6.07) is 11.2. The minimum Gasteiger partial charge on any atom is -0.497 e. The van der Waals surface area contributed by atoms with Crippen molar-refractivity contribution in [2.75, 3.05) is 28.6 Å². The third-order valence-electron chi connectivity index (χ3n) is 3.55. The van der Waals surface area contributed by atoms with Crippen molar-refractivity contribution in [3.8, 4) is 5.75 Å². The molecule has 0 aliphatic carbocycles. The quantitative estimate of drug-likeness (QED) is 0.637. The molecule has 2 rings (SSSR count). The van der Waals surface area contributed by atoms with E-state index >= 15 is 0 Å².